The van der Waals surface area contributed by atoms with E-state index in [1.807, 2.05) is 11.8 Å². The standard InChI is InChI=1S/C13H15N3O2S2/c1-4-19-7-8-5-11(20-10(1)8)13-15-12(16-18-13)9-6-14-2-3-17-9/h5,9,14H,1-4,6-7H2. The van der Waals surface area contributed by atoms with E-state index in [0.29, 0.717) is 18.3 Å². The maximum atomic E-state index is 5.65. The zero-order valence-electron chi connectivity index (χ0n) is 10.9. The molecule has 0 saturated carbocycles. The summed E-state index contributed by atoms with van der Waals surface area (Å²) < 4.78 is 11.1. The maximum Gasteiger partial charge on any atom is 0.268 e. The molecule has 0 aliphatic carbocycles. The van der Waals surface area contributed by atoms with Gasteiger partial charge in [0.2, 0.25) is 5.82 Å². The fraction of sp³-hybridized carbons (Fsp3) is 0.538. The second-order valence-corrected chi connectivity index (χ2v) is 7.12. The first kappa shape index (κ1) is 12.8. The molecule has 0 spiro atoms. The highest BCUT2D eigenvalue weighted by Gasteiger charge is 2.23. The Labute approximate surface area is 125 Å². The molecule has 20 heavy (non-hydrogen) atoms. The fourth-order valence-corrected chi connectivity index (χ4v) is 4.74. The summed E-state index contributed by atoms with van der Waals surface area (Å²) in [6.45, 7) is 2.33. The Morgan fingerprint density at radius 2 is 2.40 bits per heavy atom. The Morgan fingerprint density at radius 3 is 3.25 bits per heavy atom. The largest absolute Gasteiger partial charge is 0.367 e. The second kappa shape index (κ2) is 5.48. The van der Waals surface area contributed by atoms with E-state index >= 15 is 0 Å². The van der Waals surface area contributed by atoms with Crippen molar-refractivity contribution in [3.8, 4) is 10.8 Å². The molecule has 2 aliphatic heterocycles. The van der Waals surface area contributed by atoms with Gasteiger partial charge in [0.1, 0.15) is 6.10 Å². The molecule has 5 nitrogen and oxygen atoms in total. The molecule has 106 valence electrons. The van der Waals surface area contributed by atoms with Crippen LogP contribution >= 0.6 is 23.1 Å². The molecule has 0 aromatic carbocycles. The number of rotatable bonds is 2. The van der Waals surface area contributed by atoms with Gasteiger partial charge in [0.05, 0.1) is 11.5 Å². The third-order valence-electron chi connectivity index (χ3n) is 3.50. The van der Waals surface area contributed by atoms with Gasteiger partial charge in [0.25, 0.3) is 5.89 Å². The molecule has 1 unspecified atom stereocenters. The molecular formula is C13H15N3O2S2. The van der Waals surface area contributed by atoms with Gasteiger partial charge >= 0.3 is 0 Å². The number of nitrogens with zero attached hydrogens (tertiary/aromatic N) is 2. The first-order chi connectivity index (χ1) is 9.90. The number of thioether (sulfide) groups is 1. The van der Waals surface area contributed by atoms with Crippen LogP contribution in [0.2, 0.25) is 0 Å². The summed E-state index contributed by atoms with van der Waals surface area (Å²) in [5.41, 5.74) is 1.43. The molecule has 0 radical (unpaired) electrons. The number of nitrogens with one attached hydrogen (secondary N) is 1. The molecule has 1 saturated heterocycles. The third kappa shape index (κ3) is 2.39. The van der Waals surface area contributed by atoms with Gasteiger partial charge in [-0.25, -0.2) is 0 Å². The SMILES string of the molecule is c1c(-c2nc(C3CNCCO3)no2)sc2c1CSCC2. The van der Waals surface area contributed by atoms with E-state index in [2.05, 4.69) is 21.5 Å². The lowest BCUT2D eigenvalue weighted by molar-refractivity contribution is 0.0208. The van der Waals surface area contributed by atoms with Gasteiger partial charge in [0.15, 0.2) is 0 Å². The van der Waals surface area contributed by atoms with Crippen LogP contribution in [0.1, 0.15) is 22.4 Å². The zero-order valence-corrected chi connectivity index (χ0v) is 12.6. The van der Waals surface area contributed by atoms with Crippen LogP contribution in [-0.2, 0) is 16.9 Å². The van der Waals surface area contributed by atoms with Gasteiger partial charge < -0.3 is 14.6 Å². The molecule has 4 heterocycles. The molecule has 1 atom stereocenters. The van der Waals surface area contributed by atoms with Crippen molar-refractivity contribution in [1.82, 2.24) is 15.5 Å². The number of fused-ring (bicyclic) bond motifs is 1. The number of aromatic nitrogens is 2. The normalized spacial score (nSPS) is 22.7. The summed E-state index contributed by atoms with van der Waals surface area (Å²) in [4.78, 5) is 7.06. The van der Waals surface area contributed by atoms with Crippen LogP contribution in [0, 0.1) is 0 Å². The molecule has 0 bridgehead atoms. The van der Waals surface area contributed by atoms with Crippen molar-refractivity contribution < 1.29 is 9.26 Å². The monoisotopic (exact) mass is 309 g/mol. The summed E-state index contributed by atoms with van der Waals surface area (Å²) >= 11 is 3.77. The summed E-state index contributed by atoms with van der Waals surface area (Å²) in [7, 11) is 0. The molecule has 7 heteroatoms. The van der Waals surface area contributed by atoms with Crippen molar-refractivity contribution in [3.63, 3.8) is 0 Å². The van der Waals surface area contributed by atoms with Crippen LogP contribution in [0.25, 0.3) is 10.8 Å². The van der Waals surface area contributed by atoms with Crippen LogP contribution in [-0.4, -0.2) is 35.6 Å². The summed E-state index contributed by atoms with van der Waals surface area (Å²) in [6.07, 6.45) is 1.06. The van der Waals surface area contributed by atoms with Gasteiger partial charge in [0, 0.05) is 23.7 Å². The molecule has 2 aromatic rings. The van der Waals surface area contributed by atoms with E-state index in [0.717, 1.165) is 30.1 Å². The number of hydrogen-bond acceptors (Lipinski definition) is 7. The van der Waals surface area contributed by atoms with E-state index in [4.69, 9.17) is 9.26 Å². The minimum Gasteiger partial charge on any atom is -0.367 e. The van der Waals surface area contributed by atoms with Crippen LogP contribution in [0.4, 0.5) is 0 Å². The highest BCUT2D eigenvalue weighted by atomic mass is 32.2. The van der Waals surface area contributed by atoms with Crippen molar-refractivity contribution in [1.29, 1.82) is 0 Å². The number of hydrogen-bond donors (Lipinski definition) is 1. The molecule has 2 aromatic heterocycles. The lowest BCUT2D eigenvalue weighted by Crippen LogP contribution is -2.33. The quantitative estimate of drug-likeness (QED) is 0.918. The number of ether oxygens (including phenoxy) is 1. The van der Waals surface area contributed by atoms with Crippen molar-refractivity contribution in [2.24, 2.45) is 0 Å². The molecule has 0 amide bonds. The second-order valence-electron chi connectivity index (χ2n) is 4.88. The van der Waals surface area contributed by atoms with E-state index in [-0.39, 0.29) is 6.10 Å². The predicted molar refractivity (Wildman–Crippen MR) is 79.0 cm³/mol. The molecule has 4 rings (SSSR count). The summed E-state index contributed by atoms with van der Waals surface area (Å²) in [5.74, 6) is 3.58. The van der Waals surface area contributed by atoms with Crippen LogP contribution in [0.15, 0.2) is 10.6 Å². The van der Waals surface area contributed by atoms with Crippen LogP contribution in [0.5, 0.6) is 0 Å². The Balaban J connectivity index is 1.59. The topological polar surface area (TPSA) is 60.2 Å². The van der Waals surface area contributed by atoms with E-state index in [1.165, 1.54) is 16.2 Å². The van der Waals surface area contributed by atoms with Gasteiger partial charge in [-0.05, 0) is 23.8 Å². The van der Waals surface area contributed by atoms with E-state index < -0.39 is 0 Å². The Hall–Kier alpha value is -0.890. The average Bonchev–Trinajstić information content (AvgIpc) is 3.14. The zero-order chi connectivity index (χ0) is 13.4. The van der Waals surface area contributed by atoms with Crippen molar-refractivity contribution >= 4 is 23.1 Å². The highest BCUT2D eigenvalue weighted by molar-refractivity contribution is 7.98. The Morgan fingerprint density at radius 1 is 1.40 bits per heavy atom. The Bertz CT molecular complexity index is 581. The van der Waals surface area contributed by atoms with Crippen LogP contribution in [0.3, 0.4) is 0 Å². The first-order valence-corrected chi connectivity index (χ1v) is 8.73. The maximum absolute atomic E-state index is 5.65. The Kier molecular flexibility index (Phi) is 3.51. The van der Waals surface area contributed by atoms with Gasteiger partial charge in [-0.2, -0.15) is 16.7 Å². The molecule has 2 aliphatic rings. The molecular weight excluding hydrogens is 294 g/mol. The summed E-state index contributed by atoms with van der Waals surface area (Å²) in [5, 5.41) is 7.35. The van der Waals surface area contributed by atoms with Gasteiger partial charge in [-0.15, -0.1) is 11.3 Å². The fourth-order valence-electron chi connectivity index (χ4n) is 2.45. The minimum atomic E-state index is -0.0913. The van der Waals surface area contributed by atoms with Crippen LogP contribution < -0.4 is 5.32 Å². The van der Waals surface area contributed by atoms with E-state index in [9.17, 15) is 0 Å². The van der Waals surface area contributed by atoms with Crippen molar-refractivity contribution in [2.45, 2.75) is 18.3 Å². The van der Waals surface area contributed by atoms with Gasteiger partial charge in [-0.3, -0.25) is 0 Å². The van der Waals surface area contributed by atoms with Crippen molar-refractivity contribution in [2.75, 3.05) is 25.4 Å². The smallest absolute Gasteiger partial charge is 0.268 e. The lowest BCUT2D eigenvalue weighted by atomic mass is 10.2. The lowest BCUT2D eigenvalue weighted by Gasteiger charge is -2.20. The number of aryl methyl sites for hydroxylation is 1. The number of morpholine rings is 1. The minimum absolute atomic E-state index is 0.0913. The van der Waals surface area contributed by atoms with Crippen molar-refractivity contribution in [3.05, 3.63) is 22.3 Å². The number of thiophene rings is 1. The predicted octanol–water partition coefficient (Wildman–Crippen LogP) is 2.25. The van der Waals surface area contributed by atoms with E-state index in [1.54, 1.807) is 11.3 Å². The molecule has 1 fully saturated rings. The first-order valence-electron chi connectivity index (χ1n) is 6.76. The third-order valence-corrected chi connectivity index (χ3v) is 5.73. The van der Waals surface area contributed by atoms with Gasteiger partial charge in [-0.1, -0.05) is 5.16 Å². The molecule has 1 N–H and O–H groups in total. The average molecular weight is 309 g/mol. The highest BCUT2D eigenvalue weighted by Crippen LogP contribution is 2.36. The summed E-state index contributed by atoms with van der Waals surface area (Å²) in [6, 6.07) is 2.20.